The molecule has 5 nitrogen and oxygen atoms in total. The molecule has 138 valence electrons. The zero-order chi connectivity index (χ0) is 19.4. The van der Waals surface area contributed by atoms with Crippen LogP contribution in [0.5, 0.6) is 0 Å². The van der Waals surface area contributed by atoms with Crippen LogP contribution in [0.2, 0.25) is 5.02 Å². The monoisotopic (exact) mass is 385 g/mol. The van der Waals surface area contributed by atoms with Crippen LogP contribution in [0.1, 0.15) is 18.3 Å². The third kappa shape index (κ3) is 4.23. The molecule has 0 saturated carbocycles. The molecule has 0 aliphatic rings. The molecule has 0 atom stereocenters. The van der Waals surface area contributed by atoms with Gasteiger partial charge in [-0.2, -0.15) is 0 Å². The fraction of sp³-hybridized carbons (Fsp3) is 0.150. The zero-order valence-electron chi connectivity index (χ0n) is 14.6. The second kappa shape index (κ2) is 8.14. The molecular formula is C20H17ClFN3O2. The number of para-hydroxylation sites is 1. The summed E-state index contributed by atoms with van der Waals surface area (Å²) in [7, 11) is 0. The third-order valence-electron chi connectivity index (χ3n) is 4.09. The van der Waals surface area contributed by atoms with Crippen molar-refractivity contribution < 1.29 is 9.18 Å². The summed E-state index contributed by atoms with van der Waals surface area (Å²) in [6.07, 6.45) is 2.60. The van der Waals surface area contributed by atoms with E-state index in [-0.39, 0.29) is 28.6 Å². The second-order valence-electron chi connectivity index (χ2n) is 5.85. The van der Waals surface area contributed by atoms with E-state index in [0.29, 0.717) is 23.3 Å². The number of benzene rings is 2. The summed E-state index contributed by atoms with van der Waals surface area (Å²) < 4.78 is 13.8. The first-order chi connectivity index (χ1) is 13.0. The second-order valence-corrected chi connectivity index (χ2v) is 6.26. The van der Waals surface area contributed by atoms with Crippen molar-refractivity contribution in [3.8, 4) is 0 Å². The number of carbonyl (C=O) groups excluding carboxylic acids is 1. The Balaban J connectivity index is 1.82. The van der Waals surface area contributed by atoms with Gasteiger partial charge < -0.3 is 9.88 Å². The summed E-state index contributed by atoms with van der Waals surface area (Å²) in [5, 5.41) is 0.715. The lowest BCUT2D eigenvalue weighted by molar-refractivity contribution is -0.126. The van der Waals surface area contributed by atoms with Crippen molar-refractivity contribution in [1.82, 2.24) is 14.9 Å². The van der Waals surface area contributed by atoms with Crippen LogP contribution < -0.4 is 5.56 Å². The van der Waals surface area contributed by atoms with Crippen LogP contribution in [-0.4, -0.2) is 27.3 Å². The maximum atomic E-state index is 13.8. The first-order valence-corrected chi connectivity index (χ1v) is 8.76. The molecule has 1 amide bonds. The molecule has 7 heteroatoms. The average molecular weight is 386 g/mol. The molecule has 0 aliphatic carbocycles. The van der Waals surface area contributed by atoms with E-state index in [0.717, 1.165) is 0 Å². The first kappa shape index (κ1) is 18.8. The van der Waals surface area contributed by atoms with Gasteiger partial charge in [0, 0.05) is 18.2 Å². The zero-order valence-corrected chi connectivity index (χ0v) is 15.3. The van der Waals surface area contributed by atoms with Crippen LogP contribution in [0.15, 0.2) is 53.3 Å². The van der Waals surface area contributed by atoms with Crippen LogP contribution in [0.3, 0.4) is 0 Å². The van der Waals surface area contributed by atoms with E-state index in [1.54, 1.807) is 37.3 Å². The van der Waals surface area contributed by atoms with Crippen molar-refractivity contribution in [3.05, 3.63) is 81.1 Å². The highest BCUT2D eigenvalue weighted by atomic mass is 35.5. The summed E-state index contributed by atoms with van der Waals surface area (Å²) in [4.78, 5) is 33.2. The number of nitrogens with zero attached hydrogens (tertiary/aromatic N) is 2. The highest BCUT2D eigenvalue weighted by molar-refractivity contribution is 6.32. The van der Waals surface area contributed by atoms with E-state index < -0.39 is 5.82 Å². The van der Waals surface area contributed by atoms with Gasteiger partial charge in [-0.05, 0) is 37.3 Å². The minimum Gasteiger partial charge on any atom is -0.332 e. The molecule has 3 rings (SSSR count). The van der Waals surface area contributed by atoms with E-state index in [1.807, 2.05) is 0 Å². The van der Waals surface area contributed by atoms with Crippen LogP contribution in [0.25, 0.3) is 17.0 Å². The lowest BCUT2D eigenvalue weighted by Crippen LogP contribution is -2.30. The van der Waals surface area contributed by atoms with Crippen molar-refractivity contribution in [1.29, 1.82) is 0 Å². The summed E-state index contributed by atoms with van der Waals surface area (Å²) in [6, 6.07) is 11.3. The normalized spacial score (nSPS) is 11.2. The number of hydrogen-bond acceptors (Lipinski definition) is 3. The van der Waals surface area contributed by atoms with Crippen LogP contribution in [0.4, 0.5) is 4.39 Å². The fourth-order valence-electron chi connectivity index (χ4n) is 2.67. The molecule has 2 aromatic carbocycles. The highest BCUT2D eigenvalue weighted by Gasteiger charge is 2.13. The molecule has 27 heavy (non-hydrogen) atoms. The Morgan fingerprint density at radius 1 is 1.26 bits per heavy atom. The summed E-state index contributed by atoms with van der Waals surface area (Å²) >= 11 is 5.96. The Morgan fingerprint density at radius 3 is 2.78 bits per heavy atom. The van der Waals surface area contributed by atoms with Gasteiger partial charge in [0.25, 0.3) is 5.56 Å². The number of halogens is 2. The number of amides is 1. The van der Waals surface area contributed by atoms with Crippen LogP contribution in [0, 0.1) is 5.82 Å². The maximum Gasteiger partial charge on any atom is 0.258 e. The van der Waals surface area contributed by atoms with E-state index in [4.69, 9.17) is 11.6 Å². The van der Waals surface area contributed by atoms with E-state index >= 15 is 0 Å². The molecule has 1 N–H and O–H groups in total. The Labute approximate surface area is 160 Å². The predicted molar refractivity (Wildman–Crippen MR) is 104 cm³/mol. The van der Waals surface area contributed by atoms with E-state index in [9.17, 15) is 14.0 Å². The molecule has 3 aromatic rings. The standard InChI is InChI=1S/C20H17ClFN3O2/c1-2-25(19(26)11-10-13-15(21)7-5-8-16(13)22)12-18-23-17-9-4-3-6-14(17)20(27)24-18/h3-11H,2,12H2,1H3,(H,23,24,27)/b11-10+. The molecule has 0 unspecified atom stereocenters. The fourth-order valence-corrected chi connectivity index (χ4v) is 2.89. The topological polar surface area (TPSA) is 66.1 Å². The van der Waals surface area contributed by atoms with Gasteiger partial charge in [0.2, 0.25) is 5.91 Å². The number of likely N-dealkylation sites (N-methyl/N-ethyl adjacent to an activating group) is 1. The van der Waals surface area contributed by atoms with Crippen molar-refractivity contribution in [2.24, 2.45) is 0 Å². The van der Waals surface area contributed by atoms with Gasteiger partial charge in [-0.3, -0.25) is 9.59 Å². The Kier molecular flexibility index (Phi) is 5.66. The Hall–Kier alpha value is -2.99. The first-order valence-electron chi connectivity index (χ1n) is 8.38. The Morgan fingerprint density at radius 2 is 2.04 bits per heavy atom. The number of hydrogen-bond donors (Lipinski definition) is 1. The third-order valence-corrected chi connectivity index (χ3v) is 4.42. The Bertz CT molecular complexity index is 1060. The number of aromatic nitrogens is 2. The van der Waals surface area contributed by atoms with Gasteiger partial charge in [0.1, 0.15) is 11.6 Å². The average Bonchev–Trinajstić information content (AvgIpc) is 2.65. The van der Waals surface area contributed by atoms with Crippen molar-refractivity contribution in [2.75, 3.05) is 6.54 Å². The lowest BCUT2D eigenvalue weighted by atomic mass is 10.2. The highest BCUT2D eigenvalue weighted by Crippen LogP contribution is 2.20. The lowest BCUT2D eigenvalue weighted by Gasteiger charge is -2.18. The molecule has 0 saturated heterocycles. The minimum atomic E-state index is -0.505. The quantitative estimate of drug-likeness (QED) is 0.680. The summed E-state index contributed by atoms with van der Waals surface area (Å²) in [5.74, 6) is -0.464. The number of nitrogens with one attached hydrogen (secondary N) is 1. The molecule has 1 aromatic heterocycles. The number of rotatable bonds is 5. The number of aromatic amines is 1. The number of carbonyl (C=O) groups is 1. The van der Waals surface area contributed by atoms with Gasteiger partial charge in [0.05, 0.1) is 22.5 Å². The van der Waals surface area contributed by atoms with Gasteiger partial charge >= 0.3 is 0 Å². The molecule has 0 aliphatic heterocycles. The predicted octanol–water partition coefficient (Wildman–Crippen LogP) is 3.78. The van der Waals surface area contributed by atoms with Gasteiger partial charge in [-0.25, -0.2) is 9.37 Å². The molecule has 1 heterocycles. The summed E-state index contributed by atoms with van der Waals surface area (Å²) in [5.41, 5.74) is 0.460. The maximum absolute atomic E-state index is 13.8. The minimum absolute atomic E-state index is 0.130. The molecule has 0 radical (unpaired) electrons. The van der Waals surface area contributed by atoms with Crippen molar-refractivity contribution >= 4 is 34.5 Å². The van der Waals surface area contributed by atoms with E-state index in [1.165, 1.54) is 29.2 Å². The largest absolute Gasteiger partial charge is 0.332 e. The number of H-pyrrole nitrogens is 1. The van der Waals surface area contributed by atoms with Gasteiger partial charge in [-0.15, -0.1) is 0 Å². The van der Waals surface area contributed by atoms with Crippen LogP contribution in [-0.2, 0) is 11.3 Å². The van der Waals surface area contributed by atoms with Gasteiger partial charge in [0.15, 0.2) is 0 Å². The van der Waals surface area contributed by atoms with Gasteiger partial charge in [-0.1, -0.05) is 29.8 Å². The van der Waals surface area contributed by atoms with Crippen LogP contribution >= 0.6 is 11.6 Å². The smallest absolute Gasteiger partial charge is 0.258 e. The van der Waals surface area contributed by atoms with Crippen molar-refractivity contribution in [2.45, 2.75) is 13.5 Å². The SMILES string of the molecule is CCN(Cc1nc2ccccc2c(=O)[nH]1)C(=O)/C=C/c1c(F)cccc1Cl. The molecule has 0 spiro atoms. The van der Waals surface area contributed by atoms with E-state index in [2.05, 4.69) is 9.97 Å². The molecule has 0 bridgehead atoms. The molecular weight excluding hydrogens is 369 g/mol. The summed E-state index contributed by atoms with van der Waals surface area (Å²) in [6.45, 7) is 2.33. The molecule has 0 fully saturated rings. The number of fused-ring (bicyclic) bond motifs is 1. The van der Waals surface area contributed by atoms with Crippen molar-refractivity contribution in [3.63, 3.8) is 0 Å².